The van der Waals surface area contributed by atoms with Gasteiger partial charge < -0.3 is 37.3 Å². The lowest BCUT2D eigenvalue weighted by molar-refractivity contribution is 0.603. The Morgan fingerprint density at radius 3 is 0.681 bits per heavy atom. The molecule has 0 atom stereocenters. The molecule has 28 rings (SSSR count). The van der Waals surface area contributed by atoms with Crippen LogP contribution in [0.15, 0.2) is 430 Å². The summed E-state index contributed by atoms with van der Waals surface area (Å²) in [5.74, 6) is 0. The average Bonchev–Trinajstić information content (AvgIpc) is 1.52. The Bertz CT molecular complexity index is 8610. The molecule has 6 heterocycles. The van der Waals surface area contributed by atoms with Crippen molar-refractivity contribution >= 4 is 179 Å². The maximum Gasteiger partial charge on any atom is 0.135 e. The molecule has 24 aromatic rings. The second-order valence-corrected chi connectivity index (χ2v) is 41.4. The molecule has 6 aromatic heterocycles. The zero-order valence-electron chi connectivity index (χ0n) is 77.5. The smallest absolute Gasteiger partial charge is 0.135 e. The molecule has 138 heavy (non-hydrogen) atoms. The predicted octanol–water partition coefficient (Wildman–Crippen LogP) is 37.5. The van der Waals surface area contributed by atoms with Gasteiger partial charge in [-0.15, -0.1) is 22.7 Å². The third-order valence-electron chi connectivity index (χ3n) is 30.0. The van der Waals surface area contributed by atoms with Gasteiger partial charge in [0.1, 0.15) is 44.7 Å². The highest BCUT2D eigenvalue weighted by Gasteiger charge is 2.51. The molecule has 660 valence electrons. The predicted molar refractivity (Wildman–Crippen MR) is 578 cm³/mol. The van der Waals surface area contributed by atoms with Gasteiger partial charge >= 0.3 is 0 Å². The molecule has 0 fully saturated rings. The van der Waals surface area contributed by atoms with Crippen molar-refractivity contribution in [3.63, 3.8) is 0 Å². The summed E-state index contributed by atoms with van der Waals surface area (Å²) < 4.78 is 25.2. The van der Waals surface area contributed by atoms with Gasteiger partial charge in [0.25, 0.3) is 0 Å². The van der Waals surface area contributed by atoms with Crippen molar-refractivity contribution in [3.8, 4) is 64.0 Å². The third-order valence-corrected chi connectivity index (χ3v) is 32.5. The van der Waals surface area contributed by atoms with E-state index in [1.54, 1.807) is 0 Å². The number of rotatable bonds is 14. The van der Waals surface area contributed by atoms with Crippen molar-refractivity contribution in [2.24, 2.45) is 0 Å². The zero-order valence-corrected chi connectivity index (χ0v) is 79.1. The molecular weight excluding hydrogens is 1720 g/mol. The second-order valence-electron chi connectivity index (χ2n) is 39.3. The van der Waals surface area contributed by atoms with Crippen LogP contribution in [0.1, 0.15) is 99.9 Å². The topological polar surface area (TPSA) is 65.5 Å². The maximum absolute atomic E-state index is 6.36. The van der Waals surface area contributed by atoms with Gasteiger partial charge in [-0.3, -0.25) is 0 Å². The molecule has 4 aliphatic carbocycles. The van der Waals surface area contributed by atoms with Gasteiger partial charge in [0.15, 0.2) is 0 Å². The Balaban J connectivity index is 0.000000141. The van der Waals surface area contributed by atoms with Crippen molar-refractivity contribution in [3.05, 3.63) is 457 Å². The molecule has 10 heteroatoms. The van der Waals surface area contributed by atoms with Crippen LogP contribution in [0.25, 0.3) is 152 Å². The lowest BCUT2D eigenvalue weighted by Gasteiger charge is -2.32. The molecule has 0 N–H and O–H groups in total. The SMILES string of the molecule is CC1(C)c2cc(N(c3ccc4oc5ccccc5c4c3)c3ccccc3-c3ccccc3)ccc2-c2sc3c(c21)C(C)(C)c1cc(N(c2ccc4oc5ccccc5c4c2)c2ccccc2-c2ccccc2)ccc1-3.CC1(C)c2cc(N(c3ccccc3)c3ccc4oc5ccccc5c4c3)ccc2-c2sc3c(c21)C(C)(C)c1cc(N(c2ccccc2)c2ccc4oc5ccccc5c4c2)ccc1-3. The minimum atomic E-state index is -0.286. The number of furan rings is 4. The van der Waals surface area contributed by atoms with E-state index in [4.69, 9.17) is 17.7 Å². The van der Waals surface area contributed by atoms with E-state index in [9.17, 15) is 0 Å². The van der Waals surface area contributed by atoms with E-state index < -0.39 is 0 Å². The van der Waals surface area contributed by atoms with Crippen LogP contribution in [0.2, 0.25) is 0 Å². The van der Waals surface area contributed by atoms with E-state index in [1.165, 1.54) is 109 Å². The first-order valence-corrected chi connectivity index (χ1v) is 49.3. The zero-order chi connectivity index (χ0) is 92.3. The molecule has 0 saturated carbocycles. The van der Waals surface area contributed by atoms with E-state index in [0.29, 0.717) is 0 Å². The summed E-state index contributed by atoms with van der Waals surface area (Å²) >= 11 is 3.95. The molecule has 18 aromatic carbocycles. The van der Waals surface area contributed by atoms with E-state index in [0.717, 1.165) is 156 Å². The first-order valence-electron chi connectivity index (χ1n) is 47.6. The summed E-state index contributed by atoms with van der Waals surface area (Å²) in [6, 6.07) is 149. The fourth-order valence-electron chi connectivity index (χ4n) is 23.5. The van der Waals surface area contributed by atoms with E-state index in [1.807, 2.05) is 59.1 Å². The highest BCUT2D eigenvalue weighted by atomic mass is 32.1. The Morgan fingerprint density at radius 1 is 0.174 bits per heavy atom. The van der Waals surface area contributed by atoms with Crippen LogP contribution in [-0.2, 0) is 21.7 Å². The van der Waals surface area contributed by atoms with Crippen LogP contribution in [0.5, 0.6) is 0 Å². The van der Waals surface area contributed by atoms with Crippen LogP contribution in [0.4, 0.5) is 68.2 Å². The van der Waals surface area contributed by atoms with Crippen molar-refractivity contribution < 1.29 is 17.7 Å². The van der Waals surface area contributed by atoms with E-state index >= 15 is 0 Å². The van der Waals surface area contributed by atoms with Crippen LogP contribution < -0.4 is 19.6 Å². The molecule has 8 nitrogen and oxygen atoms in total. The molecule has 4 aliphatic rings. The summed E-state index contributed by atoms with van der Waals surface area (Å²) in [6.45, 7) is 19.5. The largest absolute Gasteiger partial charge is 0.456 e. The molecule has 0 unspecified atom stereocenters. The van der Waals surface area contributed by atoms with Crippen LogP contribution in [0.3, 0.4) is 0 Å². The molecule has 0 aliphatic heterocycles. The molecule has 0 bridgehead atoms. The average molecular weight is 1810 g/mol. The quantitative estimate of drug-likeness (QED) is 0.107. The van der Waals surface area contributed by atoms with Crippen molar-refractivity contribution in [1.82, 2.24) is 0 Å². The summed E-state index contributed by atoms with van der Waals surface area (Å²) in [6.07, 6.45) is 0. The normalized spacial score (nSPS) is 14.0. The minimum Gasteiger partial charge on any atom is -0.456 e. The highest BCUT2D eigenvalue weighted by molar-refractivity contribution is 7.20. The number of fused-ring (bicyclic) bond motifs is 26. The Hall–Kier alpha value is -16.2. The van der Waals surface area contributed by atoms with Gasteiger partial charge in [-0.25, -0.2) is 0 Å². The number of hydrogen-bond acceptors (Lipinski definition) is 10. The molecule has 0 amide bonds. The van der Waals surface area contributed by atoms with Gasteiger partial charge in [-0.1, -0.05) is 286 Å². The molecule has 0 saturated heterocycles. The fraction of sp³-hybridized carbons (Fsp3) is 0.0938. The monoisotopic (exact) mass is 1810 g/mol. The summed E-state index contributed by atoms with van der Waals surface area (Å²) in [4.78, 5) is 15.3. The Labute approximate surface area is 808 Å². The third kappa shape index (κ3) is 12.4. The Morgan fingerprint density at radius 2 is 0.391 bits per heavy atom. The molecule has 0 spiro atoms. The van der Waals surface area contributed by atoms with E-state index in [2.05, 4.69) is 451 Å². The lowest BCUT2D eigenvalue weighted by Crippen LogP contribution is -2.23. The summed E-state index contributed by atoms with van der Waals surface area (Å²) in [5.41, 5.74) is 40.8. The van der Waals surface area contributed by atoms with Crippen LogP contribution >= 0.6 is 22.7 Å². The molecule has 0 radical (unpaired) electrons. The van der Waals surface area contributed by atoms with Crippen LogP contribution in [-0.4, -0.2) is 0 Å². The van der Waals surface area contributed by atoms with Gasteiger partial charge in [0.2, 0.25) is 0 Å². The Kier molecular flexibility index (Phi) is 18.1. The fourth-order valence-corrected chi connectivity index (χ4v) is 26.9. The van der Waals surface area contributed by atoms with Crippen molar-refractivity contribution in [1.29, 1.82) is 0 Å². The van der Waals surface area contributed by atoms with Gasteiger partial charge in [-0.05, 0) is 260 Å². The maximum atomic E-state index is 6.36. The number of para-hydroxylation sites is 8. The highest BCUT2D eigenvalue weighted by Crippen LogP contribution is 2.68. The number of anilines is 12. The minimum absolute atomic E-state index is 0.223. The number of benzene rings is 18. The van der Waals surface area contributed by atoms with Gasteiger partial charge in [0.05, 0.1) is 11.4 Å². The van der Waals surface area contributed by atoms with Crippen molar-refractivity contribution in [2.75, 3.05) is 19.6 Å². The summed E-state index contributed by atoms with van der Waals surface area (Å²) in [5, 5.41) is 8.93. The first kappa shape index (κ1) is 81.3. The summed E-state index contributed by atoms with van der Waals surface area (Å²) in [7, 11) is 0. The van der Waals surface area contributed by atoms with Gasteiger partial charge in [0, 0.05) is 152 Å². The number of thiophene rings is 2. The lowest BCUT2D eigenvalue weighted by atomic mass is 9.74. The van der Waals surface area contributed by atoms with E-state index in [-0.39, 0.29) is 21.7 Å². The number of hydrogen-bond donors (Lipinski definition) is 0. The number of nitrogens with zero attached hydrogens (tertiary/aromatic N) is 4. The molecular formula is C128H92N4O4S2. The second kappa shape index (κ2) is 30.6. The van der Waals surface area contributed by atoms with Crippen LogP contribution in [0, 0.1) is 0 Å². The standard InChI is InChI=1S/C70H50N2O2S.C58H42N2O2S/c1-69(2)57-41-47(71(59-27-15-11-23-49(59)43-19-7-5-8-20-43)45-33-37-63-55(39-45)51-25-13-17-29-61(51)73-63)31-35-53(57)67-65(69)66-68(75-67)54-36-32-48(42-58(54)70(66,3)4)72(60-28-16-12-24-50(60)44-21-9-6-10-22-44)46-34-38-64-56(40-46)52-26-14-18-30-62(52)74-64;1-57(2)47-33-39(59(35-15-7-5-8-16-35)37-25-29-51-45(31-37)41-19-11-13-21-49(41)61-51)23-27-43(47)55-53(57)54-56(63-55)44-28-24-40(34-48(44)58(54,3)4)60(36-17-9-6-10-18-36)38-26-30-52-46(32-38)42-20-12-14-22-50(42)62-52/h5-42H,1-4H3;5-34H,1-4H3. The van der Waals surface area contributed by atoms with Gasteiger partial charge in [-0.2, -0.15) is 0 Å². The first-order chi connectivity index (χ1) is 67.4. The van der Waals surface area contributed by atoms with Crippen molar-refractivity contribution in [2.45, 2.75) is 77.0 Å².